The summed E-state index contributed by atoms with van der Waals surface area (Å²) in [6.45, 7) is 1.01. The van der Waals surface area contributed by atoms with Crippen molar-refractivity contribution in [3.63, 3.8) is 0 Å². The number of nitrogens with zero attached hydrogens (tertiary/aromatic N) is 3. The van der Waals surface area contributed by atoms with Crippen LogP contribution in [0, 0.1) is 0 Å². The predicted molar refractivity (Wildman–Crippen MR) is 135 cm³/mol. The number of rotatable bonds is 8. The van der Waals surface area contributed by atoms with Gasteiger partial charge in [0.15, 0.2) is 5.82 Å². The first-order valence-corrected chi connectivity index (χ1v) is 11.8. The van der Waals surface area contributed by atoms with Crippen LogP contribution in [0.2, 0.25) is 0 Å². The van der Waals surface area contributed by atoms with Crippen LogP contribution in [-0.2, 0) is 11.2 Å². The quantitative estimate of drug-likeness (QED) is 0.275. The average molecular weight is 555 g/mol. The first kappa shape index (κ1) is 22.4. The third-order valence-corrected chi connectivity index (χ3v) is 6.12. The molecule has 0 saturated carbocycles. The minimum atomic E-state index is -0.831. The molecule has 7 heteroatoms. The number of hydrogen-bond donors (Lipinski definition) is 1. The number of aliphatic carboxylic acids is 1. The Balaban J connectivity index is 1.80. The van der Waals surface area contributed by atoms with E-state index in [0.717, 1.165) is 37.7 Å². The summed E-state index contributed by atoms with van der Waals surface area (Å²) in [6, 6.07) is 23.9. The summed E-state index contributed by atoms with van der Waals surface area (Å²) in [4.78, 5) is 23.1. The molecule has 162 valence electrons. The Bertz CT molecular complexity index is 1250. The number of carbonyl (C=O) groups is 1. The van der Waals surface area contributed by atoms with Crippen molar-refractivity contribution in [1.82, 2.24) is 9.97 Å². The second-order valence-corrected chi connectivity index (χ2v) is 9.24. The molecule has 0 spiro atoms. The molecule has 1 N–H and O–H groups in total. The summed E-state index contributed by atoms with van der Waals surface area (Å²) < 4.78 is 1.87. The summed E-state index contributed by atoms with van der Waals surface area (Å²) in [5.41, 5.74) is 2.89. The smallest absolute Gasteiger partial charge is 0.305 e. The van der Waals surface area contributed by atoms with Crippen molar-refractivity contribution >= 4 is 54.5 Å². The number of benzene rings is 3. The molecule has 0 atom stereocenters. The molecule has 0 radical (unpaired) electrons. The molecule has 0 fully saturated rings. The van der Waals surface area contributed by atoms with Gasteiger partial charge in [-0.05, 0) is 42.3 Å². The highest BCUT2D eigenvalue weighted by Gasteiger charge is 2.17. The number of fused-ring (bicyclic) bond motifs is 1. The second-order valence-electron chi connectivity index (χ2n) is 7.41. The maximum absolute atomic E-state index is 11.4. The van der Waals surface area contributed by atoms with Crippen molar-refractivity contribution in [3.8, 4) is 11.4 Å². The molecule has 1 heterocycles. The third kappa shape index (κ3) is 5.53. The summed E-state index contributed by atoms with van der Waals surface area (Å²) in [5, 5.41) is 10.2. The van der Waals surface area contributed by atoms with Gasteiger partial charge in [0, 0.05) is 33.0 Å². The normalized spacial score (nSPS) is 10.9. The molecule has 1 aromatic heterocycles. The maximum Gasteiger partial charge on any atom is 0.305 e. The topological polar surface area (TPSA) is 66.3 Å². The van der Waals surface area contributed by atoms with Crippen LogP contribution in [0.5, 0.6) is 0 Å². The van der Waals surface area contributed by atoms with Crippen molar-refractivity contribution < 1.29 is 9.90 Å². The summed E-state index contributed by atoms with van der Waals surface area (Å²) in [7, 11) is 0. The van der Waals surface area contributed by atoms with Crippen LogP contribution in [0.4, 0.5) is 5.82 Å². The average Bonchev–Trinajstić information content (AvgIpc) is 2.79. The molecule has 32 heavy (non-hydrogen) atoms. The number of hydrogen-bond acceptors (Lipinski definition) is 4. The molecule has 5 nitrogen and oxygen atoms in total. The zero-order chi connectivity index (χ0) is 22.5. The minimum absolute atomic E-state index is 0.0308. The Morgan fingerprint density at radius 2 is 1.66 bits per heavy atom. The van der Waals surface area contributed by atoms with Gasteiger partial charge in [-0.15, -0.1) is 0 Å². The molecule has 0 saturated heterocycles. The monoisotopic (exact) mass is 553 g/mol. The highest BCUT2D eigenvalue weighted by atomic mass is 79.9. The highest BCUT2D eigenvalue weighted by molar-refractivity contribution is 9.10. The van der Waals surface area contributed by atoms with E-state index in [9.17, 15) is 9.90 Å². The Morgan fingerprint density at radius 1 is 0.875 bits per heavy atom. The molecule has 0 aliphatic heterocycles. The van der Waals surface area contributed by atoms with Crippen LogP contribution in [0.3, 0.4) is 0 Å². The Hall–Kier alpha value is -2.77. The molecule has 0 aliphatic carbocycles. The van der Waals surface area contributed by atoms with Gasteiger partial charge < -0.3 is 10.0 Å². The van der Waals surface area contributed by atoms with Gasteiger partial charge in [0.25, 0.3) is 0 Å². The minimum Gasteiger partial charge on any atom is -0.481 e. The first-order valence-electron chi connectivity index (χ1n) is 10.2. The second kappa shape index (κ2) is 10.2. The number of anilines is 1. The molecule has 0 aliphatic rings. The van der Waals surface area contributed by atoms with Crippen molar-refractivity contribution in [2.45, 2.75) is 12.8 Å². The lowest BCUT2D eigenvalue weighted by atomic mass is 10.1. The van der Waals surface area contributed by atoms with Crippen molar-refractivity contribution in [3.05, 3.63) is 87.3 Å². The van der Waals surface area contributed by atoms with Crippen molar-refractivity contribution in [1.29, 1.82) is 0 Å². The molecular formula is C25H21Br2N3O2. The largest absolute Gasteiger partial charge is 0.481 e. The number of carboxylic acids is 1. The third-order valence-electron chi connectivity index (χ3n) is 5.13. The number of carboxylic acid groups (broad SMARTS) is 1. The zero-order valence-electron chi connectivity index (χ0n) is 17.2. The fourth-order valence-corrected chi connectivity index (χ4v) is 4.29. The summed E-state index contributed by atoms with van der Waals surface area (Å²) in [6.07, 6.45) is 0.817. The fourth-order valence-electron chi connectivity index (χ4n) is 3.55. The number of halogens is 2. The van der Waals surface area contributed by atoms with E-state index >= 15 is 0 Å². The van der Waals surface area contributed by atoms with Crippen LogP contribution >= 0.6 is 31.9 Å². The Morgan fingerprint density at radius 3 is 2.41 bits per heavy atom. The van der Waals surface area contributed by atoms with Crippen LogP contribution in [0.15, 0.2) is 81.7 Å². The molecule has 0 amide bonds. The maximum atomic E-state index is 11.4. The Labute approximate surface area is 203 Å². The molecule has 0 unspecified atom stereocenters. The van der Waals surface area contributed by atoms with E-state index in [-0.39, 0.29) is 6.42 Å². The highest BCUT2D eigenvalue weighted by Crippen LogP contribution is 2.30. The van der Waals surface area contributed by atoms with E-state index in [2.05, 4.69) is 48.9 Å². The van der Waals surface area contributed by atoms with Gasteiger partial charge in [0.1, 0.15) is 5.82 Å². The summed E-state index contributed by atoms with van der Waals surface area (Å²) >= 11 is 7.06. The van der Waals surface area contributed by atoms with E-state index in [1.807, 2.05) is 60.7 Å². The van der Waals surface area contributed by atoms with Gasteiger partial charge >= 0.3 is 5.97 Å². The van der Waals surface area contributed by atoms with Crippen LogP contribution in [-0.4, -0.2) is 34.1 Å². The molecule has 4 aromatic rings. The van der Waals surface area contributed by atoms with Gasteiger partial charge in [-0.2, -0.15) is 0 Å². The lowest BCUT2D eigenvalue weighted by Crippen LogP contribution is -2.29. The summed E-state index contributed by atoms with van der Waals surface area (Å²) in [5.74, 6) is 0.518. The fraction of sp³-hybridized carbons (Fsp3) is 0.160. The molecular weight excluding hydrogens is 534 g/mol. The number of aromatic nitrogens is 2. The van der Waals surface area contributed by atoms with E-state index in [0.29, 0.717) is 18.9 Å². The lowest BCUT2D eigenvalue weighted by Gasteiger charge is -2.25. The van der Waals surface area contributed by atoms with Gasteiger partial charge in [-0.1, -0.05) is 74.3 Å². The zero-order valence-corrected chi connectivity index (χ0v) is 20.4. The van der Waals surface area contributed by atoms with E-state index in [4.69, 9.17) is 9.97 Å². The van der Waals surface area contributed by atoms with Gasteiger partial charge in [-0.3, -0.25) is 4.79 Å². The lowest BCUT2D eigenvalue weighted by molar-refractivity contribution is -0.136. The molecule has 3 aromatic carbocycles. The van der Waals surface area contributed by atoms with Crippen LogP contribution in [0.1, 0.15) is 12.0 Å². The predicted octanol–water partition coefficient (Wildman–Crippen LogP) is 6.35. The SMILES string of the molecule is O=C(O)CCN(CCc1ccccc1)c1nc(-c2cccc(Br)c2)nc2cc(Br)ccc12. The van der Waals surface area contributed by atoms with E-state index in [1.165, 1.54) is 5.56 Å². The van der Waals surface area contributed by atoms with Gasteiger partial charge in [0.2, 0.25) is 0 Å². The Kier molecular flexibility index (Phi) is 7.17. The van der Waals surface area contributed by atoms with Gasteiger partial charge in [-0.25, -0.2) is 9.97 Å². The van der Waals surface area contributed by atoms with Crippen molar-refractivity contribution in [2.75, 3.05) is 18.0 Å². The van der Waals surface area contributed by atoms with Crippen LogP contribution < -0.4 is 4.90 Å². The molecule has 4 rings (SSSR count). The van der Waals surface area contributed by atoms with Crippen molar-refractivity contribution in [2.24, 2.45) is 0 Å². The van der Waals surface area contributed by atoms with E-state index in [1.54, 1.807) is 0 Å². The van der Waals surface area contributed by atoms with Gasteiger partial charge in [0.05, 0.1) is 11.9 Å². The first-order chi connectivity index (χ1) is 15.5. The standard InChI is InChI=1S/C25H21Br2N3O2/c26-19-8-4-7-18(15-19)24-28-22-16-20(27)9-10-21(22)25(29-24)30(14-12-23(31)32)13-11-17-5-2-1-3-6-17/h1-10,15-16H,11-14H2,(H,31,32). The van der Waals surface area contributed by atoms with Crippen LogP contribution in [0.25, 0.3) is 22.3 Å². The van der Waals surface area contributed by atoms with E-state index < -0.39 is 5.97 Å². The molecule has 0 bridgehead atoms.